The summed E-state index contributed by atoms with van der Waals surface area (Å²) in [5, 5.41) is 1.14. The van der Waals surface area contributed by atoms with Crippen LogP contribution in [-0.2, 0) is 4.74 Å². The molecule has 24 heavy (non-hydrogen) atoms. The molecule has 124 valence electrons. The molecule has 0 fully saturated rings. The van der Waals surface area contributed by atoms with Gasteiger partial charge in [-0.15, -0.1) is 0 Å². The number of ether oxygens (including phenoxy) is 1. The molecule has 0 radical (unpaired) electrons. The largest absolute Gasteiger partial charge is 0.383 e. The first-order valence-electron chi connectivity index (χ1n) is 8.16. The summed E-state index contributed by atoms with van der Waals surface area (Å²) in [6, 6.07) is 8.24. The number of H-pyrrole nitrogens is 1. The molecule has 0 saturated heterocycles. The number of aromatic amines is 1. The number of nitrogens with one attached hydrogen (secondary N) is 1. The second kappa shape index (κ2) is 6.13. The van der Waals surface area contributed by atoms with Crippen molar-refractivity contribution in [1.29, 1.82) is 0 Å². The van der Waals surface area contributed by atoms with Gasteiger partial charge >= 0.3 is 0 Å². The number of aromatic nitrogens is 3. The van der Waals surface area contributed by atoms with Gasteiger partial charge in [-0.2, -0.15) is 0 Å². The minimum atomic E-state index is 0.690. The zero-order valence-corrected chi connectivity index (χ0v) is 14.0. The molecule has 6 nitrogen and oxygen atoms in total. The Morgan fingerprint density at radius 2 is 2.17 bits per heavy atom. The monoisotopic (exact) mass is 323 g/mol. The van der Waals surface area contributed by atoms with Gasteiger partial charge in [0, 0.05) is 56.5 Å². The average molecular weight is 323 g/mol. The number of likely N-dealkylation sites (N-methyl/N-ethyl adjacent to an activating group) is 1. The predicted molar refractivity (Wildman–Crippen MR) is 96.7 cm³/mol. The zero-order chi connectivity index (χ0) is 16.5. The Labute approximate surface area is 141 Å². The summed E-state index contributed by atoms with van der Waals surface area (Å²) in [6.45, 7) is 3.43. The Hall–Kier alpha value is -2.60. The van der Waals surface area contributed by atoms with Gasteiger partial charge in [-0.3, -0.25) is 0 Å². The number of rotatable bonds is 4. The molecule has 0 bridgehead atoms. The van der Waals surface area contributed by atoms with E-state index in [2.05, 4.69) is 45.0 Å². The summed E-state index contributed by atoms with van der Waals surface area (Å²) in [6.07, 6.45) is 3.88. The Kier molecular flexibility index (Phi) is 3.82. The van der Waals surface area contributed by atoms with E-state index in [1.165, 1.54) is 0 Å². The number of benzene rings is 1. The first-order chi connectivity index (χ1) is 11.8. The molecule has 1 aliphatic rings. The molecule has 0 atom stereocenters. The molecule has 0 amide bonds. The minimum Gasteiger partial charge on any atom is -0.383 e. The maximum Gasteiger partial charge on any atom is 0.162 e. The van der Waals surface area contributed by atoms with E-state index in [4.69, 9.17) is 9.72 Å². The lowest BCUT2D eigenvalue weighted by atomic mass is 10.1. The van der Waals surface area contributed by atoms with Crippen LogP contribution >= 0.6 is 0 Å². The first kappa shape index (κ1) is 15.0. The molecule has 1 aromatic carbocycles. The van der Waals surface area contributed by atoms with Crippen molar-refractivity contribution in [3.8, 4) is 11.4 Å². The molecule has 3 heterocycles. The number of hydrogen-bond donors (Lipinski definition) is 1. The fourth-order valence-corrected chi connectivity index (χ4v) is 3.19. The third-order valence-corrected chi connectivity index (χ3v) is 4.57. The van der Waals surface area contributed by atoms with Gasteiger partial charge in [0.25, 0.3) is 0 Å². The van der Waals surface area contributed by atoms with Crippen LogP contribution in [0, 0.1) is 0 Å². The minimum absolute atomic E-state index is 0.690. The van der Waals surface area contributed by atoms with Crippen molar-refractivity contribution in [2.45, 2.75) is 0 Å². The highest BCUT2D eigenvalue weighted by molar-refractivity contribution is 5.93. The molecule has 1 aliphatic heterocycles. The van der Waals surface area contributed by atoms with Gasteiger partial charge in [-0.25, -0.2) is 9.97 Å². The van der Waals surface area contributed by atoms with Gasteiger partial charge in [0.2, 0.25) is 0 Å². The van der Waals surface area contributed by atoms with Crippen molar-refractivity contribution < 1.29 is 4.74 Å². The van der Waals surface area contributed by atoms with E-state index < -0.39 is 0 Å². The molecule has 0 spiro atoms. The van der Waals surface area contributed by atoms with Crippen LogP contribution in [-0.4, -0.2) is 55.4 Å². The van der Waals surface area contributed by atoms with E-state index in [0.29, 0.717) is 6.61 Å². The fourth-order valence-electron chi connectivity index (χ4n) is 3.19. The maximum absolute atomic E-state index is 5.25. The second-order valence-electron chi connectivity index (χ2n) is 6.05. The summed E-state index contributed by atoms with van der Waals surface area (Å²) in [4.78, 5) is 17.3. The quantitative estimate of drug-likeness (QED) is 0.799. The summed E-state index contributed by atoms with van der Waals surface area (Å²) in [5.41, 5.74) is 3.22. The number of nitrogens with zero attached hydrogens (tertiary/aromatic N) is 4. The summed E-state index contributed by atoms with van der Waals surface area (Å²) >= 11 is 0. The van der Waals surface area contributed by atoms with Gasteiger partial charge in [-0.05, 0) is 12.1 Å². The first-order valence-corrected chi connectivity index (χ1v) is 8.16. The molecule has 6 heteroatoms. The fraction of sp³-hybridized carbons (Fsp3) is 0.333. The van der Waals surface area contributed by atoms with Crippen LogP contribution in [0.5, 0.6) is 0 Å². The maximum atomic E-state index is 5.25. The number of hydrogen-bond acceptors (Lipinski definition) is 5. The normalized spacial score (nSPS) is 14.2. The third-order valence-electron chi connectivity index (χ3n) is 4.57. The summed E-state index contributed by atoms with van der Waals surface area (Å²) < 4.78 is 5.25. The van der Waals surface area contributed by atoms with Crippen LogP contribution in [0.1, 0.15) is 0 Å². The number of methoxy groups -OCH3 is 1. The van der Waals surface area contributed by atoms with Gasteiger partial charge in [0.1, 0.15) is 0 Å². The average Bonchev–Trinajstić information content (AvgIpc) is 3.09. The predicted octanol–water partition coefficient (Wildman–Crippen LogP) is 2.53. The molecule has 4 rings (SSSR count). The van der Waals surface area contributed by atoms with Crippen molar-refractivity contribution in [1.82, 2.24) is 15.0 Å². The van der Waals surface area contributed by atoms with Crippen molar-refractivity contribution >= 4 is 22.4 Å². The van der Waals surface area contributed by atoms with Crippen molar-refractivity contribution in [2.24, 2.45) is 0 Å². The number of anilines is 2. The topological polar surface area (TPSA) is 57.3 Å². The number of fused-ring (bicyclic) bond motifs is 2. The molecule has 0 unspecified atom stereocenters. The van der Waals surface area contributed by atoms with Crippen molar-refractivity contribution in [2.75, 3.05) is 50.2 Å². The van der Waals surface area contributed by atoms with E-state index in [0.717, 1.165) is 53.4 Å². The van der Waals surface area contributed by atoms with Crippen LogP contribution < -0.4 is 9.80 Å². The third kappa shape index (κ3) is 2.49. The van der Waals surface area contributed by atoms with Crippen molar-refractivity contribution in [3.05, 3.63) is 36.7 Å². The smallest absolute Gasteiger partial charge is 0.162 e. The van der Waals surface area contributed by atoms with Gasteiger partial charge in [0.05, 0.1) is 18.5 Å². The lowest BCUT2D eigenvalue weighted by Crippen LogP contribution is -2.41. The van der Waals surface area contributed by atoms with Crippen molar-refractivity contribution in [3.63, 3.8) is 0 Å². The Balaban J connectivity index is 1.80. The van der Waals surface area contributed by atoms with E-state index in [1.807, 2.05) is 18.5 Å². The van der Waals surface area contributed by atoms with Gasteiger partial charge < -0.3 is 19.5 Å². The van der Waals surface area contributed by atoms with E-state index in [-0.39, 0.29) is 0 Å². The lowest BCUT2D eigenvalue weighted by molar-refractivity contribution is 0.205. The van der Waals surface area contributed by atoms with Crippen LogP contribution in [0.15, 0.2) is 36.7 Å². The van der Waals surface area contributed by atoms with E-state index in [1.54, 1.807) is 7.11 Å². The second-order valence-corrected chi connectivity index (χ2v) is 6.05. The van der Waals surface area contributed by atoms with Crippen LogP contribution in [0.3, 0.4) is 0 Å². The molecular formula is C18H21N5O. The molecule has 1 N–H and O–H groups in total. The highest BCUT2D eigenvalue weighted by Gasteiger charge is 2.23. The Morgan fingerprint density at radius 3 is 3.04 bits per heavy atom. The van der Waals surface area contributed by atoms with Crippen LogP contribution in [0.2, 0.25) is 0 Å². The highest BCUT2D eigenvalue weighted by atomic mass is 16.5. The standard InChI is InChI=1S/C18H21N5O/c1-22-8-9-23(10-11-24-2)18-16(22)12-20-17(21-18)14-4-3-5-15-13(14)6-7-19-15/h3-7,12,19H,8-11H2,1-2H3. The van der Waals surface area contributed by atoms with Gasteiger partial charge in [-0.1, -0.05) is 12.1 Å². The highest BCUT2D eigenvalue weighted by Crippen LogP contribution is 2.33. The molecular weight excluding hydrogens is 302 g/mol. The molecule has 0 saturated carbocycles. The van der Waals surface area contributed by atoms with Crippen LogP contribution in [0.25, 0.3) is 22.3 Å². The zero-order valence-electron chi connectivity index (χ0n) is 14.0. The van der Waals surface area contributed by atoms with E-state index in [9.17, 15) is 0 Å². The Bertz CT molecular complexity index is 859. The van der Waals surface area contributed by atoms with E-state index >= 15 is 0 Å². The van der Waals surface area contributed by atoms with Gasteiger partial charge in [0.15, 0.2) is 11.6 Å². The summed E-state index contributed by atoms with van der Waals surface area (Å²) in [7, 11) is 3.82. The SMILES string of the molecule is COCCN1CCN(C)c2cnc(-c3cccc4[nH]ccc34)nc21. The molecule has 2 aromatic heterocycles. The Morgan fingerprint density at radius 1 is 1.25 bits per heavy atom. The summed E-state index contributed by atoms with van der Waals surface area (Å²) in [5.74, 6) is 1.75. The molecule has 0 aliphatic carbocycles. The van der Waals surface area contributed by atoms with Crippen LogP contribution in [0.4, 0.5) is 11.5 Å². The lowest BCUT2D eigenvalue weighted by Gasteiger charge is -2.35. The molecule has 3 aromatic rings.